The first kappa shape index (κ1) is 16.3. The molecule has 0 unspecified atom stereocenters. The normalized spacial score (nSPS) is 11.3. The molecule has 0 aromatic heterocycles. The highest BCUT2D eigenvalue weighted by Gasteiger charge is 2.17. The number of phenolic OH excluding ortho intramolecular Hbond substituents is 1. The molecule has 22 heavy (non-hydrogen) atoms. The lowest BCUT2D eigenvalue weighted by Gasteiger charge is -2.08. The molecular weight excluding hydrogens is 330 g/mol. The molecule has 6 nitrogen and oxygen atoms in total. The fraction of sp³-hybridized carbons (Fsp3) is 0.0714. The number of benzene rings is 2. The Kier molecular flexibility index (Phi) is 4.70. The summed E-state index contributed by atoms with van der Waals surface area (Å²) < 4.78 is 26.6. The summed E-state index contributed by atoms with van der Waals surface area (Å²) in [5.74, 6) is -1.20. The number of aromatic hydroxyl groups is 1. The minimum atomic E-state index is -3.85. The maximum absolute atomic E-state index is 12.1. The summed E-state index contributed by atoms with van der Waals surface area (Å²) in [6.45, 7) is -0.0188. The Labute approximate surface area is 132 Å². The van der Waals surface area contributed by atoms with Crippen molar-refractivity contribution in [1.82, 2.24) is 4.72 Å². The van der Waals surface area contributed by atoms with Gasteiger partial charge in [-0.15, -0.1) is 0 Å². The van der Waals surface area contributed by atoms with Crippen molar-refractivity contribution in [1.29, 1.82) is 0 Å². The Morgan fingerprint density at radius 1 is 1.18 bits per heavy atom. The quantitative estimate of drug-likeness (QED) is 0.773. The number of phenols is 1. The second-order valence-corrected chi connectivity index (χ2v) is 6.62. The summed E-state index contributed by atoms with van der Waals surface area (Å²) in [4.78, 5) is 10.7. The van der Waals surface area contributed by atoms with Crippen molar-refractivity contribution in [2.75, 3.05) is 0 Å². The van der Waals surface area contributed by atoms with Crippen molar-refractivity contribution < 1.29 is 23.4 Å². The van der Waals surface area contributed by atoms with Gasteiger partial charge in [-0.1, -0.05) is 23.7 Å². The number of sulfonamides is 1. The van der Waals surface area contributed by atoms with Gasteiger partial charge in [0.2, 0.25) is 10.0 Å². The lowest BCUT2D eigenvalue weighted by molar-refractivity contribution is 0.0697. The minimum absolute atomic E-state index is 0.0188. The van der Waals surface area contributed by atoms with Crippen LogP contribution < -0.4 is 4.72 Å². The number of hydrogen-bond acceptors (Lipinski definition) is 4. The van der Waals surface area contributed by atoms with Crippen molar-refractivity contribution in [3.8, 4) is 5.75 Å². The standard InChI is InChI=1S/C14H12ClNO5S/c15-13-7-11(4-5-12(13)14(18)19)22(20,21)16-8-9-2-1-3-10(17)6-9/h1-7,16-17H,8H2,(H,18,19). The monoisotopic (exact) mass is 341 g/mol. The topological polar surface area (TPSA) is 104 Å². The first-order valence-corrected chi connectivity index (χ1v) is 7.96. The van der Waals surface area contributed by atoms with Gasteiger partial charge in [-0.3, -0.25) is 0 Å². The number of halogens is 1. The number of rotatable bonds is 5. The van der Waals surface area contributed by atoms with E-state index in [0.717, 1.165) is 12.1 Å². The van der Waals surface area contributed by atoms with Crippen LogP contribution in [0.3, 0.4) is 0 Å². The van der Waals surface area contributed by atoms with Crippen LogP contribution in [0.5, 0.6) is 5.75 Å². The van der Waals surface area contributed by atoms with Gasteiger partial charge in [-0.2, -0.15) is 0 Å². The fourth-order valence-electron chi connectivity index (χ4n) is 1.76. The van der Waals surface area contributed by atoms with Crippen LogP contribution in [0, 0.1) is 0 Å². The second kappa shape index (κ2) is 6.35. The van der Waals surface area contributed by atoms with Crippen molar-refractivity contribution in [3.63, 3.8) is 0 Å². The van der Waals surface area contributed by atoms with Crippen LogP contribution in [0.1, 0.15) is 15.9 Å². The zero-order valence-electron chi connectivity index (χ0n) is 11.2. The van der Waals surface area contributed by atoms with Gasteiger partial charge in [0, 0.05) is 6.54 Å². The van der Waals surface area contributed by atoms with E-state index in [1.54, 1.807) is 12.1 Å². The number of carbonyl (C=O) groups is 1. The molecule has 2 rings (SSSR count). The van der Waals surface area contributed by atoms with Crippen LogP contribution in [-0.4, -0.2) is 24.6 Å². The summed E-state index contributed by atoms with van der Waals surface area (Å²) in [5.41, 5.74) is 0.408. The fourth-order valence-corrected chi connectivity index (χ4v) is 3.13. The number of aromatic carboxylic acids is 1. The average Bonchev–Trinajstić information content (AvgIpc) is 2.45. The molecule has 0 radical (unpaired) electrons. The second-order valence-electron chi connectivity index (χ2n) is 4.44. The van der Waals surface area contributed by atoms with Crippen molar-refractivity contribution >= 4 is 27.6 Å². The molecule has 3 N–H and O–H groups in total. The highest BCUT2D eigenvalue weighted by molar-refractivity contribution is 7.89. The molecular formula is C14H12ClNO5S. The minimum Gasteiger partial charge on any atom is -0.508 e. The van der Waals surface area contributed by atoms with Crippen LogP contribution >= 0.6 is 11.6 Å². The van der Waals surface area contributed by atoms with Crippen molar-refractivity contribution in [2.24, 2.45) is 0 Å². The molecule has 0 atom stereocenters. The van der Waals surface area contributed by atoms with E-state index >= 15 is 0 Å². The largest absolute Gasteiger partial charge is 0.508 e. The Morgan fingerprint density at radius 2 is 1.91 bits per heavy atom. The molecule has 0 spiro atoms. The van der Waals surface area contributed by atoms with Gasteiger partial charge < -0.3 is 10.2 Å². The van der Waals surface area contributed by atoms with E-state index in [1.807, 2.05) is 0 Å². The van der Waals surface area contributed by atoms with Crippen LogP contribution in [0.25, 0.3) is 0 Å². The molecule has 116 valence electrons. The maximum Gasteiger partial charge on any atom is 0.337 e. The first-order chi connectivity index (χ1) is 10.3. The Morgan fingerprint density at radius 3 is 2.50 bits per heavy atom. The zero-order chi connectivity index (χ0) is 16.3. The number of hydrogen-bond donors (Lipinski definition) is 3. The van der Waals surface area contributed by atoms with Crippen LogP contribution in [0.4, 0.5) is 0 Å². The SMILES string of the molecule is O=C(O)c1ccc(S(=O)(=O)NCc2cccc(O)c2)cc1Cl. The first-order valence-electron chi connectivity index (χ1n) is 6.10. The van der Waals surface area contributed by atoms with Crippen LogP contribution in [0.2, 0.25) is 5.02 Å². The van der Waals surface area contributed by atoms with E-state index in [-0.39, 0.29) is 27.8 Å². The average molecular weight is 342 g/mol. The molecule has 0 aliphatic rings. The van der Waals surface area contributed by atoms with Gasteiger partial charge in [0.15, 0.2) is 0 Å². The molecule has 8 heteroatoms. The Balaban J connectivity index is 2.20. The predicted molar refractivity (Wildman–Crippen MR) is 80.5 cm³/mol. The van der Waals surface area contributed by atoms with Crippen molar-refractivity contribution in [2.45, 2.75) is 11.4 Å². The lowest BCUT2D eigenvalue weighted by atomic mass is 10.2. The molecule has 0 aliphatic heterocycles. The maximum atomic E-state index is 12.1. The zero-order valence-corrected chi connectivity index (χ0v) is 12.7. The number of carboxylic acids is 1. The molecule has 2 aromatic rings. The summed E-state index contributed by atoms with van der Waals surface area (Å²) in [5, 5.41) is 18.0. The van der Waals surface area contributed by atoms with E-state index in [0.29, 0.717) is 5.56 Å². The van der Waals surface area contributed by atoms with E-state index in [4.69, 9.17) is 16.7 Å². The molecule has 0 amide bonds. The lowest BCUT2D eigenvalue weighted by Crippen LogP contribution is -2.23. The third-order valence-electron chi connectivity index (χ3n) is 2.86. The summed E-state index contributed by atoms with van der Waals surface area (Å²) >= 11 is 5.76. The molecule has 0 heterocycles. The van der Waals surface area contributed by atoms with E-state index in [1.165, 1.54) is 18.2 Å². The molecule has 2 aromatic carbocycles. The number of carboxylic acid groups (broad SMARTS) is 1. The Hall–Kier alpha value is -2.09. The molecule has 0 saturated carbocycles. The van der Waals surface area contributed by atoms with E-state index in [9.17, 15) is 18.3 Å². The smallest absolute Gasteiger partial charge is 0.337 e. The van der Waals surface area contributed by atoms with E-state index < -0.39 is 16.0 Å². The van der Waals surface area contributed by atoms with Gasteiger partial charge >= 0.3 is 5.97 Å². The van der Waals surface area contributed by atoms with Gasteiger partial charge in [0.1, 0.15) is 5.75 Å². The molecule has 0 fully saturated rings. The third kappa shape index (κ3) is 3.76. The van der Waals surface area contributed by atoms with E-state index in [2.05, 4.69) is 4.72 Å². The summed E-state index contributed by atoms with van der Waals surface area (Å²) in [7, 11) is -3.85. The van der Waals surface area contributed by atoms with Crippen molar-refractivity contribution in [3.05, 3.63) is 58.6 Å². The Bertz CT molecular complexity index is 820. The molecule has 0 saturated heterocycles. The van der Waals surface area contributed by atoms with Crippen LogP contribution in [0.15, 0.2) is 47.4 Å². The molecule has 0 aliphatic carbocycles. The highest BCUT2D eigenvalue weighted by Crippen LogP contribution is 2.21. The molecule has 0 bridgehead atoms. The third-order valence-corrected chi connectivity index (χ3v) is 4.57. The highest BCUT2D eigenvalue weighted by atomic mass is 35.5. The van der Waals surface area contributed by atoms with Gasteiger partial charge in [0.25, 0.3) is 0 Å². The summed E-state index contributed by atoms with van der Waals surface area (Å²) in [6.07, 6.45) is 0. The predicted octanol–water partition coefficient (Wildman–Crippen LogP) is 2.22. The summed E-state index contributed by atoms with van der Waals surface area (Å²) in [6, 6.07) is 9.54. The van der Waals surface area contributed by atoms with Crippen LogP contribution in [-0.2, 0) is 16.6 Å². The van der Waals surface area contributed by atoms with Gasteiger partial charge in [-0.25, -0.2) is 17.9 Å². The van der Waals surface area contributed by atoms with Gasteiger partial charge in [0.05, 0.1) is 15.5 Å². The van der Waals surface area contributed by atoms with Gasteiger partial charge in [-0.05, 0) is 35.9 Å². The number of nitrogens with one attached hydrogen (secondary N) is 1.